The van der Waals surface area contributed by atoms with E-state index in [1.165, 1.54) is 0 Å². The zero-order chi connectivity index (χ0) is 11.4. The highest BCUT2D eigenvalue weighted by atomic mass is 16.3. The highest BCUT2D eigenvalue weighted by Gasteiger charge is 2.10. The number of aryl methyl sites for hydroxylation is 1. The fourth-order valence-corrected chi connectivity index (χ4v) is 1.79. The molecule has 0 bridgehead atoms. The van der Waals surface area contributed by atoms with Gasteiger partial charge in [0, 0.05) is 5.56 Å². The Kier molecular flexibility index (Phi) is 3.73. The maximum absolute atomic E-state index is 10.0. The van der Waals surface area contributed by atoms with Crippen LogP contribution < -0.4 is 0 Å². The number of hydrogen-bond donors (Lipinski definition) is 1. The van der Waals surface area contributed by atoms with E-state index in [1.54, 1.807) is 0 Å². The van der Waals surface area contributed by atoms with Crippen molar-refractivity contribution in [3.63, 3.8) is 0 Å². The number of phenolic OH excluding ortho intramolecular Hbond substituents is 1. The quantitative estimate of drug-likeness (QED) is 0.741. The third-order valence-corrected chi connectivity index (χ3v) is 2.70. The van der Waals surface area contributed by atoms with Gasteiger partial charge >= 0.3 is 0 Å². The second-order valence-electron chi connectivity index (χ2n) is 3.79. The topological polar surface area (TPSA) is 20.2 Å². The third kappa shape index (κ3) is 2.30. The minimum absolute atomic E-state index is 0.409. The van der Waals surface area contributed by atoms with Crippen molar-refractivity contribution in [3.05, 3.63) is 53.6 Å². The van der Waals surface area contributed by atoms with Gasteiger partial charge in [0.05, 0.1) is 0 Å². The lowest BCUT2D eigenvalue weighted by Crippen LogP contribution is -1.96. The molecule has 1 N–H and O–H groups in total. The molecule has 0 heterocycles. The van der Waals surface area contributed by atoms with Gasteiger partial charge in [0.15, 0.2) is 0 Å². The molecule has 0 fully saturated rings. The first-order valence-electron chi connectivity index (χ1n) is 5.14. The number of hydrogen-bond acceptors (Lipinski definition) is 1. The van der Waals surface area contributed by atoms with Crippen molar-refractivity contribution < 1.29 is 5.11 Å². The van der Waals surface area contributed by atoms with Gasteiger partial charge in [-0.3, -0.25) is 0 Å². The predicted octanol–water partition coefficient (Wildman–Crippen LogP) is 3.47. The van der Waals surface area contributed by atoms with Gasteiger partial charge in [0.1, 0.15) is 5.75 Å². The standard InChI is InChI=1S/C14H18O/c1-5-7-12-9-10(3)13(8-6-2)14(15)11(12)4/h5-6,9,15H,1-2,7-8H2,3-4H3. The first-order valence-corrected chi connectivity index (χ1v) is 5.14. The first kappa shape index (κ1) is 11.6. The molecule has 1 heteroatoms. The SMILES string of the molecule is C=CCc1cc(C)c(CC=C)c(O)c1C. The zero-order valence-electron chi connectivity index (χ0n) is 9.51. The van der Waals surface area contributed by atoms with E-state index < -0.39 is 0 Å². The Hall–Kier alpha value is -1.50. The van der Waals surface area contributed by atoms with Gasteiger partial charge in [-0.2, -0.15) is 0 Å². The van der Waals surface area contributed by atoms with Crippen LogP contribution >= 0.6 is 0 Å². The number of aromatic hydroxyl groups is 1. The Morgan fingerprint density at radius 1 is 1.20 bits per heavy atom. The molecule has 80 valence electrons. The van der Waals surface area contributed by atoms with E-state index in [4.69, 9.17) is 0 Å². The summed E-state index contributed by atoms with van der Waals surface area (Å²) in [5.74, 6) is 0.409. The Labute approximate surface area is 91.8 Å². The monoisotopic (exact) mass is 202 g/mol. The summed E-state index contributed by atoms with van der Waals surface area (Å²) in [6.07, 6.45) is 5.19. The fraction of sp³-hybridized carbons (Fsp3) is 0.286. The lowest BCUT2D eigenvalue weighted by Gasteiger charge is -2.13. The number of phenols is 1. The predicted molar refractivity (Wildman–Crippen MR) is 65.4 cm³/mol. The van der Waals surface area contributed by atoms with E-state index in [0.717, 1.165) is 28.7 Å². The summed E-state index contributed by atoms with van der Waals surface area (Å²) in [5, 5.41) is 10.0. The lowest BCUT2D eigenvalue weighted by atomic mass is 9.95. The van der Waals surface area contributed by atoms with Crippen LogP contribution in [0.15, 0.2) is 31.4 Å². The normalized spacial score (nSPS) is 10.0. The van der Waals surface area contributed by atoms with Crippen LogP contribution in [0.2, 0.25) is 0 Å². The van der Waals surface area contributed by atoms with Crippen molar-refractivity contribution in [3.8, 4) is 5.75 Å². The second-order valence-corrected chi connectivity index (χ2v) is 3.79. The number of allylic oxidation sites excluding steroid dienone is 2. The van der Waals surface area contributed by atoms with Crippen LogP contribution in [0.25, 0.3) is 0 Å². The second kappa shape index (κ2) is 4.83. The molecule has 0 spiro atoms. The van der Waals surface area contributed by atoms with Crippen LogP contribution in [0.5, 0.6) is 5.75 Å². The molecular weight excluding hydrogens is 184 g/mol. The summed E-state index contributed by atoms with van der Waals surface area (Å²) in [7, 11) is 0. The van der Waals surface area contributed by atoms with Crippen LogP contribution in [0.3, 0.4) is 0 Å². The molecule has 0 aliphatic heterocycles. The number of rotatable bonds is 4. The van der Waals surface area contributed by atoms with E-state index in [0.29, 0.717) is 12.2 Å². The molecule has 0 aliphatic rings. The largest absolute Gasteiger partial charge is 0.507 e. The molecule has 0 aliphatic carbocycles. The molecule has 0 aromatic heterocycles. The lowest BCUT2D eigenvalue weighted by molar-refractivity contribution is 0.464. The Balaban J connectivity index is 3.29. The Bertz CT molecular complexity index is 389. The summed E-state index contributed by atoms with van der Waals surface area (Å²) >= 11 is 0. The van der Waals surface area contributed by atoms with Crippen molar-refractivity contribution in [1.29, 1.82) is 0 Å². The molecule has 0 unspecified atom stereocenters. The average molecular weight is 202 g/mol. The molecule has 1 rings (SSSR count). The summed E-state index contributed by atoms with van der Waals surface area (Å²) in [5.41, 5.74) is 4.20. The van der Waals surface area contributed by atoms with Crippen molar-refractivity contribution in [2.45, 2.75) is 26.7 Å². The van der Waals surface area contributed by atoms with Crippen molar-refractivity contribution >= 4 is 0 Å². The maximum Gasteiger partial charge on any atom is 0.122 e. The molecule has 0 saturated heterocycles. The number of benzene rings is 1. The van der Waals surface area contributed by atoms with E-state index in [2.05, 4.69) is 19.2 Å². The summed E-state index contributed by atoms with van der Waals surface area (Å²) in [6, 6.07) is 2.12. The molecule has 0 atom stereocenters. The highest BCUT2D eigenvalue weighted by molar-refractivity contribution is 5.50. The van der Waals surface area contributed by atoms with Crippen molar-refractivity contribution in [2.75, 3.05) is 0 Å². The molecule has 1 nitrogen and oxygen atoms in total. The maximum atomic E-state index is 10.0. The van der Waals surface area contributed by atoms with Crippen LogP contribution in [0, 0.1) is 13.8 Å². The van der Waals surface area contributed by atoms with Crippen LogP contribution in [-0.2, 0) is 12.8 Å². The molecular formula is C14H18O. The molecule has 1 aromatic rings. The van der Waals surface area contributed by atoms with Gasteiger partial charge in [0.2, 0.25) is 0 Å². The summed E-state index contributed by atoms with van der Waals surface area (Å²) < 4.78 is 0. The Morgan fingerprint density at radius 2 is 1.80 bits per heavy atom. The minimum Gasteiger partial charge on any atom is -0.507 e. The molecule has 15 heavy (non-hydrogen) atoms. The van der Waals surface area contributed by atoms with E-state index in [9.17, 15) is 5.11 Å². The average Bonchev–Trinajstić information content (AvgIpc) is 2.21. The van der Waals surface area contributed by atoms with E-state index >= 15 is 0 Å². The first-order chi connectivity index (χ1) is 7.11. The molecule has 0 radical (unpaired) electrons. The van der Waals surface area contributed by atoms with Gasteiger partial charge < -0.3 is 5.11 Å². The molecule has 0 saturated carbocycles. The van der Waals surface area contributed by atoms with Crippen LogP contribution in [-0.4, -0.2) is 5.11 Å². The van der Waals surface area contributed by atoms with Gasteiger partial charge in [-0.15, -0.1) is 13.2 Å². The van der Waals surface area contributed by atoms with Gasteiger partial charge in [-0.1, -0.05) is 18.2 Å². The zero-order valence-corrected chi connectivity index (χ0v) is 9.51. The smallest absolute Gasteiger partial charge is 0.122 e. The minimum atomic E-state index is 0.409. The van der Waals surface area contributed by atoms with E-state index in [1.807, 2.05) is 26.0 Å². The van der Waals surface area contributed by atoms with Gasteiger partial charge in [-0.25, -0.2) is 0 Å². The van der Waals surface area contributed by atoms with Crippen LogP contribution in [0.4, 0.5) is 0 Å². The molecule has 0 amide bonds. The van der Waals surface area contributed by atoms with Crippen LogP contribution in [0.1, 0.15) is 22.3 Å². The van der Waals surface area contributed by atoms with E-state index in [-0.39, 0.29) is 0 Å². The van der Waals surface area contributed by atoms with Crippen molar-refractivity contribution in [2.24, 2.45) is 0 Å². The van der Waals surface area contributed by atoms with Gasteiger partial charge in [0.25, 0.3) is 0 Å². The van der Waals surface area contributed by atoms with Crippen molar-refractivity contribution in [1.82, 2.24) is 0 Å². The van der Waals surface area contributed by atoms with Gasteiger partial charge in [-0.05, 0) is 43.4 Å². The third-order valence-electron chi connectivity index (χ3n) is 2.70. The summed E-state index contributed by atoms with van der Waals surface area (Å²) in [6.45, 7) is 11.4. The fourth-order valence-electron chi connectivity index (χ4n) is 1.79. The summed E-state index contributed by atoms with van der Waals surface area (Å²) in [4.78, 5) is 0. The highest BCUT2D eigenvalue weighted by Crippen LogP contribution is 2.29. The molecule has 1 aromatic carbocycles. The Morgan fingerprint density at radius 3 is 2.33 bits per heavy atom.